The lowest BCUT2D eigenvalue weighted by molar-refractivity contribution is -0.117. The van der Waals surface area contributed by atoms with E-state index < -0.39 is 0 Å². The third-order valence-electron chi connectivity index (χ3n) is 4.78. The van der Waals surface area contributed by atoms with Crippen LogP contribution in [0.2, 0.25) is 5.02 Å². The molecule has 1 aliphatic heterocycles. The van der Waals surface area contributed by atoms with Gasteiger partial charge in [0.25, 0.3) is 5.89 Å². The molecule has 0 radical (unpaired) electrons. The first-order chi connectivity index (χ1) is 13.1. The first-order valence-corrected chi connectivity index (χ1v) is 8.98. The van der Waals surface area contributed by atoms with E-state index in [9.17, 15) is 4.79 Å². The molecule has 0 saturated carbocycles. The predicted molar refractivity (Wildman–Crippen MR) is 102 cm³/mol. The molecule has 3 aromatic rings. The number of anilines is 1. The van der Waals surface area contributed by atoms with Crippen LogP contribution in [0.5, 0.6) is 5.75 Å². The molecule has 6 nitrogen and oxygen atoms in total. The Morgan fingerprint density at radius 2 is 2.07 bits per heavy atom. The zero-order valence-electron chi connectivity index (χ0n) is 15.0. The Morgan fingerprint density at radius 3 is 2.89 bits per heavy atom. The summed E-state index contributed by atoms with van der Waals surface area (Å²) >= 11 is 6.20. The second-order valence-corrected chi connectivity index (χ2v) is 6.89. The highest BCUT2D eigenvalue weighted by Crippen LogP contribution is 2.35. The zero-order chi connectivity index (χ0) is 19.0. The Labute approximate surface area is 161 Å². The van der Waals surface area contributed by atoms with Crippen LogP contribution >= 0.6 is 11.6 Å². The minimum absolute atomic E-state index is 0.0260. The van der Waals surface area contributed by atoms with E-state index in [1.165, 1.54) is 0 Å². The van der Waals surface area contributed by atoms with Crippen molar-refractivity contribution < 1.29 is 14.1 Å². The van der Waals surface area contributed by atoms with Crippen LogP contribution in [0, 0.1) is 6.92 Å². The second kappa shape index (κ2) is 7.04. The molecule has 1 aromatic heterocycles. The summed E-state index contributed by atoms with van der Waals surface area (Å²) < 4.78 is 10.6. The van der Waals surface area contributed by atoms with Gasteiger partial charge in [-0.15, -0.1) is 0 Å². The second-order valence-electron chi connectivity index (χ2n) is 6.48. The number of hydrogen-bond acceptors (Lipinski definition) is 5. The van der Waals surface area contributed by atoms with Crippen molar-refractivity contribution in [1.29, 1.82) is 0 Å². The number of ether oxygens (including phenoxy) is 1. The van der Waals surface area contributed by atoms with Crippen molar-refractivity contribution in [1.82, 2.24) is 10.1 Å². The number of carbonyl (C=O) groups is 1. The molecule has 1 unspecified atom stereocenters. The maximum Gasteiger partial charge on any atom is 0.258 e. The molecule has 1 aliphatic rings. The van der Waals surface area contributed by atoms with E-state index in [2.05, 4.69) is 10.1 Å². The maximum absolute atomic E-state index is 12.6. The van der Waals surface area contributed by atoms with Crippen molar-refractivity contribution in [3.8, 4) is 17.2 Å². The summed E-state index contributed by atoms with van der Waals surface area (Å²) in [5, 5.41) is 4.74. The Hall–Kier alpha value is -2.86. The number of amides is 1. The van der Waals surface area contributed by atoms with E-state index in [0.717, 1.165) is 16.8 Å². The molecule has 7 heteroatoms. The van der Waals surface area contributed by atoms with Gasteiger partial charge in [0.15, 0.2) is 5.82 Å². The molecule has 0 N–H and O–H groups in total. The molecule has 0 aliphatic carbocycles. The molecule has 2 heterocycles. The van der Waals surface area contributed by atoms with Gasteiger partial charge in [-0.3, -0.25) is 4.79 Å². The molecule has 1 amide bonds. The van der Waals surface area contributed by atoms with Crippen LogP contribution in [-0.4, -0.2) is 29.7 Å². The Morgan fingerprint density at radius 1 is 1.26 bits per heavy atom. The first-order valence-electron chi connectivity index (χ1n) is 8.60. The number of methoxy groups -OCH3 is 1. The topological polar surface area (TPSA) is 68.5 Å². The normalized spacial score (nSPS) is 16.8. The number of rotatable bonds is 4. The van der Waals surface area contributed by atoms with Crippen LogP contribution < -0.4 is 9.64 Å². The Balaban J connectivity index is 1.58. The van der Waals surface area contributed by atoms with Crippen molar-refractivity contribution in [2.45, 2.75) is 19.3 Å². The molecule has 138 valence electrons. The molecular weight excluding hydrogens is 366 g/mol. The van der Waals surface area contributed by atoms with Crippen LogP contribution in [0.3, 0.4) is 0 Å². The number of nitrogens with zero attached hydrogens (tertiary/aromatic N) is 3. The monoisotopic (exact) mass is 383 g/mol. The van der Waals surface area contributed by atoms with Gasteiger partial charge in [-0.05, 0) is 42.8 Å². The average Bonchev–Trinajstić information content (AvgIpc) is 3.31. The summed E-state index contributed by atoms with van der Waals surface area (Å²) in [6.45, 7) is 2.41. The molecule has 4 rings (SSSR count). The maximum atomic E-state index is 12.6. The van der Waals surface area contributed by atoms with Crippen LogP contribution in [0.4, 0.5) is 5.69 Å². The number of halogens is 1. The molecular formula is C20H18ClN3O3. The van der Waals surface area contributed by atoms with Gasteiger partial charge in [0.1, 0.15) is 5.75 Å². The predicted octanol–water partition coefficient (Wildman–Crippen LogP) is 4.23. The lowest BCUT2D eigenvalue weighted by Crippen LogP contribution is -2.25. The van der Waals surface area contributed by atoms with E-state index >= 15 is 0 Å². The summed E-state index contributed by atoms with van der Waals surface area (Å²) in [6, 6.07) is 13.0. The number of carbonyl (C=O) groups excluding carboxylic acids is 1. The fourth-order valence-electron chi connectivity index (χ4n) is 3.28. The van der Waals surface area contributed by atoms with Gasteiger partial charge in [-0.25, -0.2) is 0 Å². The molecule has 0 spiro atoms. The highest BCUT2D eigenvalue weighted by molar-refractivity contribution is 6.31. The zero-order valence-corrected chi connectivity index (χ0v) is 15.7. The van der Waals surface area contributed by atoms with Crippen molar-refractivity contribution in [3.63, 3.8) is 0 Å². The van der Waals surface area contributed by atoms with Gasteiger partial charge in [0.2, 0.25) is 5.91 Å². The fourth-order valence-corrected chi connectivity index (χ4v) is 3.45. The van der Waals surface area contributed by atoms with Crippen LogP contribution in [-0.2, 0) is 4.79 Å². The van der Waals surface area contributed by atoms with E-state index in [0.29, 0.717) is 35.5 Å². The van der Waals surface area contributed by atoms with Crippen LogP contribution in [0.25, 0.3) is 11.5 Å². The van der Waals surface area contributed by atoms with Gasteiger partial charge >= 0.3 is 0 Å². The Bertz CT molecular complexity index is 1000. The first kappa shape index (κ1) is 17.5. The minimum atomic E-state index is -0.126. The molecule has 2 aromatic carbocycles. The lowest BCUT2D eigenvalue weighted by Gasteiger charge is -2.19. The fraction of sp³-hybridized carbons (Fsp3) is 0.250. The summed E-state index contributed by atoms with van der Waals surface area (Å²) in [7, 11) is 1.61. The summed E-state index contributed by atoms with van der Waals surface area (Å²) in [6.07, 6.45) is 0.336. The smallest absolute Gasteiger partial charge is 0.258 e. The third kappa shape index (κ3) is 3.28. The molecule has 1 saturated heterocycles. The van der Waals surface area contributed by atoms with Crippen molar-refractivity contribution in [2.24, 2.45) is 0 Å². The molecule has 1 fully saturated rings. The summed E-state index contributed by atoms with van der Waals surface area (Å²) in [4.78, 5) is 18.8. The quantitative estimate of drug-likeness (QED) is 0.674. The number of aromatic nitrogens is 2. The molecule has 0 bridgehead atoms. The van der Waals surface area contributed by atoms with Gasteiger partial charge in [-0.1, -0.05) is 28.9 Å². The lowest BCUT2D eigenvalue weighted by atomic mass is 10.1. The van der Waals surface area contributed by atoms with Crippen LogP contribution in [0.1, 0.15) is 23.7 Å². The standard InChI is InChI=1S/C20H18ClN3O3/c1-12-16(21)7-4-8-17(12)24-11-14(10-18(24)25)19-22-20(27-23-19)13-5-3-6-15(9-13)26-2/h3-9,14H,10-11H2,1-2H3. The SMILES string of the molecule is COc1cccc(-c2nc(C3CC(=O)N(c4cccc(Cl)c4C)C3)no2)c1. The van der Waals surface area contributed by atoms with Gasteiger partial charge < -0.3 is 14.2 Å². The van der Waals surface area contributed by atoms with E-state index in [1.54, 1.807) is 12.0 Å². The Kier molecular flexibility index (Phi) is 4.58. The summed E-state index contributed by atoms with van der Waals surface area (Å²) in [5.74, 6) is 1.56. The number of hydrogen-bond donors (Lipinski definition) is 0. The largest absolute Gasteiger partial charge is 0.497 e. The highest BCUT2D eigenvalue weighted by Gasteiger charge is 2.35. The van der Waals surface area contributed by atoms with Crippen LogP contribution in [0.15, 0.2) is 47.0 Å². The molecule has 27 heavy (non-hydrogen) atoms. The van der Waals surface area contributed by atoms with Crippen molar-refractivity contribution >= 4 is 23.2 Å². The van der Waals surface area contributed by atoms with Crippen molar-refractivity contribution in [3.05, 3.63) is 58.9 Å². The third-order valence-corrected chi connectivity index (χ3v) is 5.19. The summed E-state index contributed by atoms with van der Waals surface area (Å²) in [5.41, 5.74) is 2.49. The van der Waals surface area contributed by atoms with E-state index in [4.69, 9.17) is 20.9 Å². The minimum Gasteiger partial charge on any atom is -0.497 e. The molecule has 1 atom stereocenters. The van der Waals surface area contributed by atoms with E-state index in [-0.39, 0.29) is 11.8 Å². The number of benzene rings is 2. The highest BCUT2D eigenvalue weighted by atomic mass is 35.5. The van der Waals surface area contributed by atoms with Gasteiger partial charge in [0.05, 0.1) is 7.11 Å². The van der Waals surface area contributed by atoms with Crippen molar-refractivity contribution in [2.75, 3.05) is 18.6 Å². The average molecular weight is 384 g/mol. The van der Waals surface area contributed by atoms with E-state index in [1.807, 2.05) is 49.4 Å². The van der Waals surface area contributed by atoms with Gasteiger partial charge in [0, 0.05) is 35.2 Å². The van der Waals surface area contributed by atoms with Gasteiger partial charge in [-0.2, -0.15) is 4.98 Å².